The number of hydrogen-bond acceptors (Lipinski definition) is 8. The Morgan fingerprint density at radius 3 is 2.38 bits per heavy atom. The van der Waals surface area contributed by atoms with Crippen molar-refractivity contribution in [1.29, 1.82) is 0 Å². The number of nitrogens with zero attached hydrogens (tertiary/aromatic N) is 2. The molecule has 0 radical (unpaired) electrons. The van der Waals surface area contributed by atoms with Crippen LogP contribution in [0, 0.1) is 6.92 Å². The molecule has 4 aromatic carbocycles. The van der Waals surface area contributed by atoms with E-state index in [0.29, 0.717) is 39.9 Å². The summed E-state index contributed by atoms with van der Waals surface area (Å²) in [6.45, 7) is 4.08. The highest BCUT2D eigenvalue weighted by atomic mass is 35.5. The predicted octanol–water partition coefficient (Wildman–Crippen LogP) is 7.70. The highest BCUT2D eigenvalue weighted by molar-refractivity contribution is 7.14. The fourth-order valence-electron chi connectivity index (χ4n) is 4.11. The summed E-state index contributed by atoms with van der Waals surface area (Å²) >= 11 is 7.40. The van der Waals surface area contributed by atoms with E-state index < -0.39 is 0 Å². The molecular weight excluding hydrogens is 610 g/mol. The Morgan fingerprint density at radius 1 is 0.911 bits per heavy atom. The SMILES string of the molecule is CCOc1cc(/C=N/NC(=O)c2ccc(-c3csc(Nc4ccc(C)cc4)n3)cc2)ccc1OCC(=O)Nc1ccc(Cl)cc1. The summed E-state index contributed by atoms with van der Waals surface area (Å²) in [4.78, 5) is 29.7. The minimum atomic E-state index is -0.352. The highest BCUT2D eigenvalue weighted by Gasteiger charge is 2.11. The Hall–Kier alpha value is -5.19. The first kappa shape index (κ1) is 31.2. The Labute approximate surface area is 269 Å². The van der Waals surface area contributed by atoms with Crippen LogP contribution >= 0.6 is 22.9 Å². The van der Waals surface area contributed by atoms with Gasteiger partial charge in [0.15, 0.2) is 23.2 Å². The third kappa shape index (κ3) is 8.91. The van der Waals surface area contributed by atoms with E-state index in [1.54, 1.807) is 54.6 Å². The van der Waals surface area contributed by atoms with Gasteiger partial charge in [-0.15, -0.1) is 11.3 Å². The molecule has 0 atom stereocenters. The number of carbonyl (C=O) groups excluding carboxylic acids is 2. The zero-order valence-electron chi connectivity index (χ0n) is 24.5. The Morgan fingerprint density at radius 2 is 1.64 bits per heavy atom. The molecule has 5 aromatic rings. The monoisotopic (exact) mass is 639 g/mol. The third-order valence-corrected chi connectivity index (χ3v) is 7.39. The second-order valence-electron chi connectivity index (χ2n) is 9.79. The second-order valence-corrected chi connectivity index (χ2v) is 11.1. The van der Waals surface area contributed by atoms with Crippen LogP contribution in [0.5, 0.6) is 11.5 Å². The molecular formula is C34H30ClN5O4S. The molecule has 3 N–H and O–H groups in total. The topological polar surface area (TPSA) is 114 Å². The normalized spacial score (nSPS) is 10.8. The fraction of sp³-hybridized carbons (Fsp3) is 0.118. The van der Waals surface area contributed by atoms with E-state index in [1.807, 2.05) is 55.6 Å². The molecule has 0 saturated carbocycles. The maximum Gasteiger partial charge on any atom is 0.271 e. The maximum atomic E-state index is 12.7. The number of ether oxygens (including phenoxy) is 2. The third-order valence-electron chi connectivity index (χ3n) is 6.38. The molecule has 0 aliphatic carbocycles. The molecule has 0 fully saturated rings. The Bertz CT molecular complexity index is 1790. The molecule has 0 bridgehead atoms. The molecule has 2 amide bonds. The quantitative estimate of drug-likeness (QED) is 0.0952. The van der Waals surface area contributed by atoms with Crippen LogP contribution in [0.3, 0.4) is 0 Å². The van der Waals surface area contributed by atoms with Crippen LogP contribution in [0.2, 0.25) is 5.02 Å². The van der Waals surface area contributed by atoms with Crippen molar-refractivity contribution in [2.75, 3.05) is 23.8 Å². The molecule has 1 aromatic heterocycles. The van der Waals surface area contributed by atoms with Crippen LogP contribution in [-0.2, 0) is 4.79 Å². The lowest BCUT2D eigenvalue weighted by atomic mass is 10.1. The lowest BCUT2D eigenvalue weighted by Crippen LogP contribution is -2.20. The van der Waals surface area contributed by atoms with E-state index >= 15 is 0 Å². The number of aryl methyl sites for hydroxylation is 1. The molecule has 45 heavy (non-hydrogen) atoms. The Kier molecular flexibility index (Phi) is 10.4. The molecule has 0 aliphatic heterocycles. The van der Waals surface area contributed by atoms with Crippen molar-refractivity contribution in [3.05, 3.63) is 118 Å². The minimum Gasteiger partial charge on any atom is -0.490 e. The summed E-state index contributed by atoms with van der Waals surface area (Å²) in [6.07, 6.45) is 1.50. The summed E-state index contributed by atoms with van der Waals surface area (Å²) < 4.78 is 11.4. The number of rotatable bonds is 12. The number of aromatic nitrogens is 1. The van der Waals surface area contributed by atoms with Gasteiger partial charge in [0.1, 0.15) is 0 Å². The van der Waals surface area contributed by atoms with E-state index in [0.717, 1.165) is 22.1 Å². The van der Waals surface area contributed by atoms with Gasteiger partial charge in [-0.2, -0.15) is 5.10 Å². The first-order chi connectivity index (χ1) is 21.9. The Balaban J connectivity index is 1.14. The van der Waals surface area contributed by atoms with E-state index in [1.165, 1.54) is 23.1 Å². The number of halogens is 1. The fourth-order valence-corrected chi connectivity index (χ4v) is 4.98. The number of anilines is 3. The lowest BCUT2D eigenvalue weighted by molar-refractivity contribution is -0.118. The molecule has 9 nitrogen and oxygen atoms in total. The zero-order chi connectivity index (χ0) is 31.6. The van der Waals surface area contributed by atoms with Gasteiger partial charge in [-0.25, -0.2) is 10.4 Å². The standard InChI is InChI=1S/C34H30ClN5O4S/c1-3-43-31-18-23(6-17-30(31)44-20-32(41)37-27-15-11-26(35)12-16-27)19-36-40-33(42)25-9-7-24(8-10-25)29-21-45-34(39-29)38-28-13-4-22(2)5-14-28/h4-19,21H,3,20H2,1-2H3,(H,37,41)(H,38,39)(H,40,42)/b36-19+. The van der Waals surface area contributed by atoms with Crippen LogP contribution < -0.4 is 25.5 Å². The molecule has 228 valence electrons. The zero-order valence-corrected chi connectivity index (χ0v) is 26.1. The van der Waals surface area contributed by atoms with Crippen molar-refractivity contribution in [3.8, 4) is 22.8 Å². The van der Waals surface area contributed by atoms with E-state index in [-0.39, 0.29) is 18.4 Å². The van der Waals surface area contributed by atoms with Gasteiger partial charge in [0.05, 0.1) is 18.5 Å². The van der Waals surface area contributed by atoms with Crippen molar-refractivity contribution in [2.24, 2.45) is 5.10 Å². The molecule has 5 rings (SSSR count). The van der Waals surface area contributed by atoms with Crippen molar-refractivity contribution in [1.82, 2.24) is 10.4 Å². The number of carbonyl (C=O) groups is 2. The molecule has 0 unspecified atom stereocenters. The van der Waals surface area contributed by atoms with Gasteiger partial charge in [-0.3, -0.25) is 9.59 Å². The lowest BCUT2D eigenvalue weighted by Gasteiger charge is -2.12. The van der Waals surface area contributed by atoms with Gasteiger partial charge in [0.25, 0.3) is 11.8 Å². The largest absolute Gasteiger partial charge is 0.490 e. The number of benzene rings is 4. The van der Waals surface area contributed by atoms with Crippen molar-refractivity contribution < 1.29 is 19.1 Å². The first-order valence-electron chi connectivity index (χ1n) is 14.0. The average Bonchev–Trinajstić information content (AvgIpc) is 3.51. The van der Waals surface area contributed by atoms with Gasteiger partial charge < -0.3 is 20.1 Å². The van der Waals surface area contributed by atoms with Gasteiger partial charge in [0, 0.05) is 32.9 Å². The van der Waals surface area contributed by atoms with Crippen molar-refractivity contribution in [3.63, 3.8) is 0 Å². The number of thiazole rings is 1. The van der Waals surface area contributed by atoms with Gasteiger partial charge in [0.2, 0.25) is 0 Å². The van der Waals surface area contributed by atoms with Crippen molar-refractivity contribution in [2.45, 2.75) is 13.8 Å². The molecule has 1 heterocycles. The number of hydrogen-bond donors (Lipinski definition) is 3. The van der Waals surface area contributed by atoms with Crippen LogP contribution in [0.4, 0.5) is 16.5 Å². The summed E-state index contributed by atoms with van der Waals surface area (Å²) in [5.41, 5.74) is 8.18. The molecule has 11 heteroatoms. The molecule has 0 aliphatic rings. The second kappa shape index (κ2) is 15.0. The van der Waals surface area contributed by atoms with E-state index in [2.05, 4.69) is 26.1 Å². The van der Waals surface area contributed by atoms with Crippen LogP contribution in [-0.4, -0.2) is 36.2 Å². The summed E-state index contributed by atoms with van der Waals surface area (Å²) in [5, 5.41) is 13.5. The van der Waals surface area contributed by atoms with E-state index in [4.69, 9.17) is 21.1 Å². The summed E-state index contributed by atoms with van der Waals surface area (Å²) in [7, 11) is 0. The maximum absolute atomic E-state index is 12.7. The summed E-state index contributed by atoms with van der Waals surface area (Å²) in [6, 6.07) is 27.2. The van der Waals surface area contributed by atoms with Crippen molar-refractivity contribution >= 4 is 57.5 Å². The van der Waals surface area contributed by atoms with Gasteiger partial charge >= 0.3 is 0 Å². The summed E-state index contributed by atoms with van der Waals surface area (Å²) in [5.74, 6) is 0.173. The first-order valence-corrected chi connectivity index (χ1v) is 15.3. The minimum absolute atomic E-state index is 0.209. The van der Waals surface area contributed by atoms with Crippen LogP contribution in [0.25, 0.3) is 11.3 Å². The smallest absolute Gasteiger partial charge is 0.271 e. The highest BCUT2D eigenvalue weighted by Crippen LogP contribution is 2.29. The molecule has 0 spiro atoms. The van der Waals surface area contributed by atoms with Crippen LogP contribution in [0.15, 0.2) is 101 Å². The van der Waals surface area contributed by atoms with Gasteiger partial charge in [-0.05, 0) is 86.1 Å². The number of hydrazone groups is 1. The van der Waals surface area contributed by atoms with Crippen LogP contribution in [0.1, 0.15) is 28.4 Å². The predicted molar refractivity (Wildman–Crippen MR) is 180 cm³/mol. The number of amides is 2. The molecule has 0 saturated heterocycles. The average molecular weight is 640 g/mol. The van der Waals surface area contributed by atoms with Gasteiger partial charge in [-0.1, -0.05) is 41.4 Å². The van der Waals surface area contributed by atoms with E-state index in [9.17, 15) is 9.59 Å². The number of nitrogens with one attached hydrogen (secondary N) is 3.